The number of hydrogen-bond donors (Lipinski definition) is 2. The average Bonchev–Trinajstić information content (AvgIpc) is 2.38. The maximum atomic E-state index is 12.2. The Morgan fingerprint density at radius 2 is 2.20 bits per heavy atom. The van der Waals surface area contributed by atoms with Crippen molar-refractivity contribution in [3.8, 4) is 5.88 Å². The number of carboxylic acid groups (broad SMARTS) is 1. The lowest BCUT2D eigenvalue weighted by molar-refractivity contribution is -0.140. The highest BCUT2D eigenvalue weighted by Gasteiger charge is 2.25. The number of hydrogen-bond acceptors (Lipinski definition) is 4. The van der Waals surface area contributed by atoms with Gasteiger partial charge in [-0.3, -0.25) is 4.79 Å². The lowest BCUT2D eigenvalue weighted by Crippen LogP contribution is -2.42. The lowest BCUT2D eigenvalue weighted by Gasteiger charge is -2.15. The molecule has 1 unspecified atom stereocenters. The van der Waals surface area contributed by atoms with Gasteiger partial charge in [0.05, 0.1) is 6.61 Å². The van der Waals surface area contributed by atoms with Crippen LogP contribution < -0.4 is 10.1 Å². The number of carboxylic acids is 1. The van der Waals surface area contributed by atoms with Crippen LogP contribution in [0, 0.1) is 0 Å². The van der Waals surface area contributed by atoms with Crippen molar-refractivity contribution in [1.82, 2.24) is 10.3 Å². The molecular weight excluding hydrogens is 274 g/mol. The molecule has 0 saturated carbocycles. The van der Waals surface area contributed by atoms with E-state index in [0.29, 0.717) is 0 Å². The molecule has 1 aromatic rings. The fraction of sp³-hybridized carbons (Fsp3) is 0.417. The monoisotopic (exact) mass is 288 g/mol. The Morgan fingerprint density at radius 1 is 1.50 bits per heavy atom. The van der Waals surface area contributed by atoms with Crippen molar-refractivity contribution in [2.45, 2.75) is 25.8 Å². The minimum atomic E-state index is -2.84. The zero-order chi connectivity index (χ0) is 15.1. The van der Waals surface area contributed by atoms with Gasteiger partial charge in [-0.05, 0) is 19.1 Å². The number of nitrogens with zero attached hydrogens (tertiary/aromatic N) is 1. The summed E-state index contributed by atoms with van der Waals surface area (Å²) < 4.78 is 29.6. The van der Waals surface area contributed by atoms with Gasteiger partial charge < -0.3 is 15.2 Å². The smallest absolute Gasteiger partial charge is 0.326 e. The van der Waals surface area contributed by atoms with Crippen LogP contribution in [0.2, 0.25) is 0 Å². The van der Waals surface area contributed by atoms with Gasteiger partial charge in [-0.15, -0.1) is 0 Å². The van der Waals surface area contributed by atoms with Crippen LogP contribution in [-0.4, -0.2) is 41.0 Å². The Balaban J connectivity index is 2.86. The number of halogens is 2. The van der Waals surface area contributed by atoms with Crippen LogP contribution in [0.5, 0.6) is 5.88 Å². The Hall–Kier alpha value is -2.25. The van der Waals surface area contributed by atoms with Crippen molar-refractivity contribution in [1.29, 1.82) is 0 Å². The van der Waals surface area contributed by atoms with Crippen molar-refractivity contribution in [3.63, 3.8) is 0 Å². The van der Waals surface area contributed by atoms with E-state index in [1.54, 1.807) is 6.92 Å². The highest BCUT2D eigenvalue weighted by Crippen LogP contribution is 2.15. The van der Waals surface area contributed by atoms with E-state index in [9.17, 15) is 18.4 Å². The normalized spacial score (nSPS) is 12.0. The number of aromatic nitrogens is 1. The first-order valence-electron chi connectivity index (χ1n) is 5.85. The summed E-state index contributed by atoms with van der Waals surface area (Å²) in [7, 11) is 0. The van der Waals surface area contributed by atoms with Crippen LogP contribution in [-0.2, 0) is 4.79 Å². The summed E-state index contributed by atoms with van der Waals surface area (Å²) in [6.07, 6.45) is -2.40. The molecular formula is C12H14F2N2O4. The van der Waals surface area contributed by atoms with Crippen LogP contribution in [0.1, 0.15) is 23.7 Å². The van der Waals surface area contributed by atoms with Crippen molar-refractivity contribution in [2.24, 2.45) is 0 Å². The molecule has 0 saturated heterocycles. The van der Waals surface area contributed by atoms with Crippen LogP contribution >= 0.6 is 0 Å². The van der Waals surface area contributed by atoms with E-state index in [0.717, 1.165) is 0 Å². The largest absolute Gasteiger partial charge is 0.480 e. The summed E-state index contributed by atoms with van der Waals surface area (Å²) in [5, 5.41) is 10.8. The molecule has 0 aliphatic heterocycles. The summed E-state index contributed by atoms with van der Waals surface area (Å²) in [5.74, 6) is -2.33. The number of nitrogens with one attached hydrogen (secondary N) is 1. The molecule has 0 radical (unpaired) electrons. The molecule has 0 aliphatic rings. The van der Waals surface area contributed by atoms with Gasteiger partial charge in [0.15, 0.2) is 0 Å². The zero-order valence-corrected chi connectivity index (χ0v) is 10.7. The van der Waals surface area contributed by atoms with Crippen molar-refractivity contribution in [3.05, 3.63) is 23.9 Å². The van der Waals surface area contributed by atoms with E-state index in [1.165, 1.54) is 18.3 Å². The number of aliphatic carboxylic acids is 1. The summed E-state index contributed by atoms with van der Waals surface area (Å²) in [6, 6.07) is 1.16. The number of pyridine rings is 1. The Morgan fingerprint density at radius 3 is 2.75 bits per heavy atom. The van der Waals surface area contributed by atoms with Crippen molar-refractivity contribution in [2.75, 3.05) is 6.61 Å². The van der Waals surface area contributed by atoms with Crippen molar-refractivity contribution < 1.29 is 28.2 Å². The summed E-state index contributed by atoms with van der Waals surface area (Å²) in [6.45, 7) is 1.95. The molecule has 0 fully saturated rings. The molecule has 1 aromatic heterocycles. The molecule has 0 aliphatic carbocycles. The fourth-order valence-electron chi connectivity index (χ4n) is 1.45. The number of amides is 1. The molecule has 1 atom stereocenters. The van der Waals surface area contributed by atoms with Gasteiger partial charge in [0.2, 0.25) is 12.3 Å². The van der Waals surface area contributed by atoms with Gasteiger partial charge >= 0.3 is 5.97 Å². The topological polar surface area (TPSA) is 88.5 Å². The predicted molar refractivity (Wildman–Crippen MR) is 64.9 cm³/mol. The second-order valence-electron chi connectivity index (χ2n) is 3.78. The van der Waals surface area contributed by atoms with E-state index >= 15 is 0 Å². The summed E-state index contributed by atoms with van der Waals surface area (Å²) in [4.78, 5) is 26.5. The molecule has 6 nitrogen and oxygen atoms in total. The number of alkyl halides is 2. The SMILES string of the molecule is CCOc1ncccc1C(=O)NC(CC(F)F)C(=O)O. The Kier molecular flexibility index (Phi) is 5.82. The molecule has 1 amide bonds. The van der Waals surface area contributed by atoms with Crippen LogP contribution in [0.4, 0.5) is 8.78 Å². The summed E-state index contributed by atoms with van der Waals surface area (Å²) in [5.41, 5.74) is -0.00475. The van der Waals surface area contributed by atoms with Crippen LogP contribution in [0.25, 0.3) is 0 Å². The predicted octanol–water partition coefficient (Wildman–Crippen LogP) is 1.32. The first-order valence-corrected chi connectivity index (χ1v) is 5.85. The minimum absolute atomic E-state index is 0.00475. The number of ether oxygens (including phenoxy) is 1. The van der Waals surface area contributed by atoms with E-state index < -0.39 is 30.8 Å². The average molecular weight is 288 g/mol. The van der Waals surface area contributed by atoms with Crippen LogP contribution in [0.15, 0.2) is 18.3 Å². The molecule has 0 aromatic carbocycles. The Labute approximate surface area is 113 Å². The maximum Gasteiger partial charge on any atom is 0.326 e. The first-order chi connectivity index (χ1) is 9.45. The maximum absolute atomic E-state index is 12.2. The zero-order valence-electron chi connectivity index (χ0n) is 10.7. The highest BCUT2D eigenvalue weighted by atomic mass is 19.3. The van der Waals surface area contributed by atoms with E-state index in [1.807, 2.05) is 5.32 Å². The van der Waals surface area contributed by atoms with Crippen LogP contribution in [0.3, 0.4) is 0 Å². The van der Waals surface area contributed by atoms with E-state index in [-0.39, 0.29) is 18.1 Å². The molecule has 1 heterocycles. The second-order valence-corrected chi connectivity index (χ2v) is 3.78. The van der Waals surface area contributed by atoms with Gasteiger partial charge in [-0.2, -0.15) is 0 Å². The highest BCUT2D eigenvalue weighted by molar-refractivity contribution is 5.98. The van der Waals surface area contributed by atoms with Gasteiger partial charge in [-0.1, -0.05) is 0 Å². The fourth-order valence-corrected chi connectivity index (χ4v) is 1.45. The molecule has 0 spiro atoms. The summed E-state index contributed by atoms with van der Waals surface area (Å²) >= 11 is 0. The molecule has 1 rings (SSSR count). The number of carbonyl (C=O) groups is 2. The number of rotatable bonds is 7. The molecule has 110 valence electrons. The second kappa shape index (κ2) is 7.37. The molecule has 0 bridgehead atoms. The molecule has 20 heavy (non-hydrogen) atoms. The van der Waals surface area contributed by atoms with Crippen molar-refractivity contribution >= 4 is 11.9 Å². The quantitative estimate of drug-likeness (QED) is 0.790. The first kappa shape index (κ1) is 15.8. The third-order valence-corrected chi connectivity index (χ3v) is 2.31. The standard InChI is InChI=1S/C12H14F2N2O4/c1-2-20-11-7(4-3-5-15-11)10(17)16-8(12(18)19)6-9(13)14/h3-5,8-9H,2,6H2,1H3,(H,16,17)(H,18,19). The molecule has 8 heteroatoms. The number of carbonyl (C=O) groups excluding carboxylic acids is 1. The van der Waals surface area contributed by atoms with E-state index in [2.05, 4.69) is 4.98 Å². The molecule has 2 N–H and O–H groups in total. The Bertz CT molecular complexity index is 482. The van der Waals surface area contributed by atoms with Gasteiger partial charge in [0, 0.05) is 12.6 Å². The van der Waals surface area contributed by atoms with Gasteiger partial charge in [-0.25, -0.2) is 18.6 Å². The van der Waals surface area contributed by atoms with Gasteiger partial charge in [0.1, 0.15) is 11.6 Å². The third kappa shape index (κ3) is 4.45. The van der Waals surface area contributed by atoms with E-state index in [4.69, 9.17) is 9.84 Å². The third-order valence-electron chi connectivity index (χ3n) is 2.31. The lowest BCUT2D eigenvalue weighted by atomic mass is 10.2. The minimum Gasteiger partial charge on any atom is -0.480 e. The van der Waals surface area contributed by atoms with Gasteiger partial charge in [0.25, 0.3) is 5.91 Å².